The van der Waals surface area contributed by atoms with E-state index in [1.807, 2.05) is 37.4 Å². The Morgan fingerprint density at radius 1 is 1.16 bits per heavy atom. The van der Waals surface area contributed by atoms with E-state index in [1.165, 1.54) is 0 Å². The average molecular weight is 436 g/mol. The summed E-state index contributed by atoms with van der Waals surface area (Å²) in [5.41, 5.74) is 3.10. The predicted molar refractivity (Wildman–Crippen MR) is 129 cm³/mol. The Morgan fingerprint density at radius 2 is 1.91 bits per heavy atom. The number of hydrogen-bond acceptors (Lipinski definition) is 5. The van der Waals surface area contributed by atoms with E-state index in [-0.39, 0.29) is 23.0 Å². The van der Waals surface area contributed by atoms with E-state index < -0.39 is 0 Å². The number of likely N-dealkylation sites (tertiary alicyclic amines) is 1. The number of nitrogens with zero attached hydrogens (tertiary/aromatic N) is 3. The van der Waals surface area contributed by atoms with E-state index in [9.17, 15) is 4.79 Å². The molecule has 1 atom stereocenters. The molecule has 0 bridgehead atoms. The molecule has 6 nitrogen and oxygen atoms in total. The number of rotatable bonds is 5. The van der Waals surface area contributed by atoms with Crippen molar-refractivity contribution in [2.24, 2.45) is 5.92 Å². The Labute approximate surface area is 192 Å². The second-order valence-electron chi connectivity index (χ2n) is 10.9. The van der Waals surface area contributed by atoms with Gasteiger partial charge >= 0.3 is 0 Å². The van der Waals surface area contributed by atoms with Gasteiger partial charge in [0.05, 0.1) is 23.6 Å². The maximum Gasteiger partial charge on any atom is 0.223 e. The number of anilines is 2. The van der Waals surface area contributed by atoms with Crippen LogP contribution in [0.15, 0.2) is 36.7 Å². The first-order valence-corrected chi connectivity index (χ1v) is 11.9. The van der Waals surface area contributed by atoms with Crippen LogP contribution in [0.3, 0.4) is 0 Å². The van der Waals surface area contributed by atoms with Crippen molar-refractivity contribution in [3.05, 3.63) is 47.9 Å². The quantitative estimate of drug-likeness (QED) is 0.681. The monoisotopic (exact) mass is 435 g/mol. The number of nitrogens with one attached hydrogen (secondary N) is 2. The molecule has 4 rings (SSSR count). The fourth-order valence-corrected chi connectivity index (χ4v) is 5.84. The molecule has 0 aromatic carbocycles. The first-order valence-electron chi connectivity index (χ1n) is 11.9. The Morgan fingerprint density at radius 3 is 2.56 bits per heavy atom. The molecule has 172 valence electrons. The third-order valence-electron chi connectivity index (χ3n) is 6.71. The zero-order chi connectivity index (χ0) is 22.9. The van der Waals surface area contributed by atoms with Crippen molar-refractivity contribution in [3.63, 3.8) is 0 Å². The molecule has 2 fully saturated rings. The predicted octanol–water partition coefficient (Wildman–Crippen LogP) is 5.14. The lowest BCUT2D eigenvalue weighted by Crippen LogP contribution is -2.58. The number of amides is 1. The largest absolute Gasteiger partial charge is 0.339 e. The van der Waals surface area contributed by atoms with Crippen LogP contribution in [0.1, 0.15) is 77.1 Å². The van der Waals surface area contributed by atoms with Crippen LogP contribution in [0.4, 0.5) is 11.5 Å². The summed E-state index contributed by atoms with van der Waals surface area (Å²) in [5, 5.41) is 7.05. The van der Waals surface area contributed by atoms with Gasteiger partial charge in [-0.3, -0.25) is 9.78 Å². The summed E-state index contributed by atoms with van der Waals surface area (Å²) in [6.07, 6.45) is 8.34. The molecule has 2 saturated heterocycles. The number of pyridine rings is 2. The van der Waals surface area contributed by atoms with Crippen LogP contribution in [-0.2, 0) is 4.79 Å². The molecule has 6 heteroatoms. The summed E-state index contributed by atoms with van der Waals surface area (Å²) in [6, 6.07) is 8.13. The maximum atomic E-state index is 13.3. The van der Waals surface area contributed by atoms with E-state index >= 15 is 0 Å². The molecule has 4 heterocycles. The van der Waals surface area contributed by atoms with Gasteiger partial charge in [0.15, 0.2) is 0 Å². The molecule has 1 amide bonds. The van der Waals surface area contributed by atoms with Gasteiger partial charge in [-0.05, 0) is 90.0 Å². The van der Waals surface area contributed by atoms with Crippen molar-refractivity contribution in [1.82, 2.24) is 20.2 Å². The molecule has 0 saturated carbocycles. The molecule has 32 heavy (non-hydrogen) atoms. The van der Waals surface area contributed by atoms with Crippen molar-refractivity contribution in [2.45, 2.75) is 83.8 Å². The van der Waals surface area contributed by atoms with E-state index in [4.69, 9.17) is 4.98 Å². The van der Waals surface area contributed by atoms with Gasteiger partial charge in [-0.15, -0.1) is 0 Å². The first-order chi connectivity index (χ1) is 15.1. The standard InChI is InChI=1S/C26H37N5O/c1-18-8-6-12-27-24(18)29-20-10-11-21(28-17-20)22-9-7-13-31(22)23(32)14-19-15-25(2,3)30-26(4,5)16-19/h6,8,10-12,17,19,22,30H,7,9,13-16H2,1-5H3,(H,27,29). The molecule has 0 spiro atoms. The van der Waals surface area contributed by atoms with Gasteiger partial charge < -0.3 is 15.5 Å². The number of aryl methyl sites for hydroxylation is 1. The van der Waals surface area contributed by atoms with Crippen LogP contribution in [0.25, 0.3) is 0 Å². The summed E-state index contributed by atoms with van der Waals surface area (Å²) in [6.45, 7) is 11.8. The molecule has 2 aliphatic rings. The fourth-order valence-electron chi connectivity index (χ4n) is 5.84. The summed E-state index contributed by atoms with van der Waals surface area (Å²) in [4.78, 5) is 24.5. The highest BCUT2D eigenvalue weighted by Crippen LogP contribution is 2.37. The first kappa shape index (κ1) is 22.7. The van der Waals surface area contributed by atoms with Gasteiger partial charge in [0.2, 0.25) is 5.91 Å². The molecule has 0 aliphatic carbocycles. The molecule has 0 radical (unpaired) electrons. The molecular weight excluding hydrogens is 398 g/mol. The minimum atomic E-state index is 0.0630. The molecule has 1 unspecified atom stereocenters. The van der Waals surface area contributed by atoms with Gasteiger partial charge in [-0.25, -0.2) is 4.98 Å². The van der Waals surface area contributed by atoms with Crippen molar-refractivity contribution >= 4 is 17.4 Å². The Bertz CT molecular complexity index is 937. The summed E-state index contributed by atoms with van der Waals surface area (Å²) < 4.78 is 0. The van der Waals surface area contributed by atoms with Gasteiger partial charge in [-0.1, -0.05) is 6.07 Å². The third kappa shape index (κ3) is 5.29. The zero-order valence-electron chi connectivity index (χ0n) is 20.1. The number of piperidine rings is 1. The molecule has 2 aromatic rings. The van der Waals surface area contributed by atoms with E-state index in [2.05, 4.69) is 48.2 Å². The number of carbonyl (C=O) groups is 1. The van der Waals surface area contributed by atoms with Crippen LogP contribution in [-0.4, -0.2) is 38.4 Å². The second kappa shape index (κ2) is 8.81. The van der Waals surface area contributed by atoms with E-state index in [0.717, 1.165) is 55.0 Å². The van der Waals surface area contributed by atoms with Gasteiger partial charge in [0.1, 0.15) is 5.82 Å². The minimum absolute atomic E-state index is 0.0630. The summed E-state index contributed by atoms with van der Waals surface area (Å²) in [5.74, 6) is 1.53. The van der Waals surface area contributed by atoms with Crippen LogP contribution >= 0.6 is 0 Å². The third-order valence-corrected chi connectivity index (χ3v) is 6.71. The Balaban J connectivity index is 1.42. The Hall–Kier alpha value is -2.47. The van der Waals surface area contributed by atoms with Crippen LogP contribution in [0.5, 0.6) is 0 Å². The van der Waals surface area contributed by atoms with Crippen LogP contribution in [0, 0.1) is 12.8 Å². The minimum Gasteiger partial charge on any atom is -0.339 e. The topological polar surface area (TPSA) is 70.2 Å². The highest BCUT2D eigenvalue weighted by atomic mass is 16.2. The zero-order valence-corrected chi connectivity index (χ0v) is 20.1. The molecule has 2 aromatic heterocycles. The number of carbonyl (C=O) groups excluding carboxylic acids is 1. The van der Waals surface area contributed by atoms with Crippen molar-refractivity contribution in [3.8, 4) is 0 Å². The van der Waals surface area contributed by atoms with Gasteiger partial charge in [-0.2, -0.15) is 0 Å². The fraction of sp³-hybridized carbons (Fsp3) is 0.577. The highest BCUT2D eigenvalue weighted by molar-refractivity contribution is 5.77. The van der Waals surface area contributed by atoms with Crippen molar-refractivity contribution in [1.29, 1.82) is 0 Å². The highest BCUT2D eigenvalue weighted by Gasteiger charge is 2.40. The van der Waals surface area contributed by atoms with E-state index in [0.29, 0.717) is 12.3 Å². The average Bonchev–Trinajstić information content (AvgIpc) is 3.18. The van der Waals surface area contributed by atoms with Crippen molar-refractivity contribution < 1.29 is 4.79 Å². The lowest BCUT2D eigenvalue weighted by molar-refractivity contribution is -0.133. The lowest BCUT2D eigenvalue weighted by Gasteiger charge is -2.46. The van der Waals surface area contributed by atoms with Crippen LogP contribution < -0.4 is 10.6 Å². The van der Waals surface area contributed by atoms with Crippen molar-refractivity contribution in [2.75, 3.05) is 11.9 Å². The van der Waals surface area contributed by atoms with E-state index in [1.54, 1.807) is 6.20 Å². The lowest BCUT2D eigenvalue weighted by atomic mass is 9.74. The number of aromatic nitrogens is 2. The van der Waals surface area contributed by atoms with Crippen LogP contribution in [0.2, 0.25) is 0 Å². The van der Waals surface area contributed by atoms with Gasteiger partial charge in [0.25, 0.3) is 0 Å². The number of hydrogen-bond donors (Lipinski definition) is 2. The van der Waals surface area contributed by atoms with Gasteiger partial charge in [0, 0.05) is 30.2 Å². The maximum absolute atomic E-state index is 13.3. The normalized spacial score (nSPS) is 22.7. The second-order valence-corrected chi connectivity index (χ2v) is 10.9. The molecule has 2 N–H and O–H groups in total. The smallest absolute Gasteiger partial charge is 0.223 e. The molecular formula is C26H37N5O. The molecule has 2 aliphatic heterocycles. The summed E-state index contributed by atoms with van der Waals surface area (Å²) >= 11 is 0. The SMILES string of the molecule is Cc1cccnc1Nc1ccc(C2CCCN2C(=O)CC2CC(C)(C)NC(C)(C)C2)nc1. The Kier molecular flexibility index (Phi) is 6.26. The summed E-state index contributed by atoms with van der Waals surface area (Å²) in [7, 11) is 0.